The lowest BCUT2D eigenvalue weighted by atomic mass is 10.4. The Kier molecular flexibility index (Phi) is 4.28. The van der Waals surface area contributed by atoms with Gasteiger partial charge in [0.1, 0.15) is 5.82 Å². The molecule has 0 spiro atoms. The van der Waals surface area contributed by atoms with Crippen molar-refractivity contribution in [2.75, 3.05) is 6.54 Å². The van der Waals surface area contributed by atoms with Crippen molar-refractivity contribution in [3.8, 4) is 0 Å². The Labute approximate surface area is 90.7 Å². The van der Waals surface area contributed by atoms with Crippen molar-refractivity contribution in [1.82, 2.24) is 20.6 Å². The standard InChI is InChI=1S/C8H12N4O4/c13-5(7(14)15)3-11-8(16)12-4-6-9-1-2-10-6/h1-2,5,13H,3-4H2,(H,9,10)(H,14,15)(H2,11,12,16). The number of aliphatic carboxylic acids is 1. The fourth-order valence-electron chi connectivity index (χ4n) is 0.898. The Morgan fingerprint density at radius 2 is 2.25 bits per heavy atom. The maximum absolute atomic E-state index is 11.1. The Morgan fingerprint density at radius 3 is 2.81 bits per heavy atom. The first kappa shape index (κ1) is 12.0. The van der Waals surface area contributed by atoms with E-state index >= 15 is 0 Å². The van der Waals surface area contributed by atoms with Gasteiger partial charge in [0.2, 0.25) is 0 Å². The summed E-state index contributed by atoms with van der Waals surface area (Å²) in [6.45, 7) is -0.151. The summed E-state index contributed by atoms with van der Waals surface area (Å²) in [6.07, 6.45) is 1.56. The van der Waals surface area contributed by atoms with E-state index in [1.165, 1.54) is 0 Å². The lowest BCUT2D eigenvalue weighted by Gasteiger charge is -2.08. The van der Waals surface area contributed by atoms with Crippen molar-refractivity contribution >= 4 is 12.0 Å². The molecular formula is C8H12N4O4. The van der Waals surface area contributed by atoms with Gasteiger partial charge >= 0.3 is 12.0 Å². The number of carbonyl (C=O) groups is 2. The van der Waals surface area contributed by atoms with Gasteiger partial charge in [0, 0.05) is 12.4 Å². The molecule has 5 N–H and O–H groups in total. The van der Waals surface area contributed by atoms with Crippen molar-refractivity contribution < 1.29 is 19.8 Å². The minimum atomic E-state index is -1.60. The molecule has 88 valence electrons. The van der Waals surface area contributed by atoms with Gasteiger partial charge in [-0.3, -0.25) is 0 Å². The molecule has 0 bridgehead atoms. The van der Waals surface area contributed by atoms with Crippen LogP contribution in [0.2, 0.25) is 0 Å². The molecule has 16 heavy (non-hydrogen) atoms. The van der Waals surface area contributed by atoms with E-state index in [4.69, 9.17) is 10.2 Å². The number of carbonyl (C=O) groups excluding carboxylic acids is 1. The molecule has 0 saturated heterocycles. The maximum atomic E-state index is 11.1. The van der Waals surface area contributed by atoms with Crippen molar-refractivity contribution in [3.63, 3.8) is 0 Å². The number of aromatic nitrogens is 2. The normalized spacial score (nSPS) is 11.8. The Hall–Kier alpha value is -2.09. The first-order valence-corrected chi connectivity index (χ1v) is 4.50. The van der Waals surface area contributed by atoms with Gasteiger partial charge in [-0.25, -0.2) is 14.6 Å². The zero-order valence-corrected chi connectivity index (χ0v) is 8.30. The fourth-order valence-corrected chi connectivity index (χ4v) is 0.898. The van der Waals surface area contributed by atoms with Gasteiger partial charge in [-0.2, -0.15) is 0 Å². The Morgan fingerprint density at radius 1 is 1.50 bits per heavy atom. The number of imidazole rings is 1. The van der Waals surface area contributed by atoms with E-state index in [0.29, 0.717) is 5.82 Å². The number of amides is 2. The van der Waals surface area contributed by atoms with Crippen LogP contribution in [0.4, 0.5) is 4.79 Å². The van der Waals surface area contributed by atoms with E-state index in [9.17, 15) is 9.59 Å². The summed E-state index contributed by atoms with van der Waals surface area (Å²) < 4.78 is 0. The van der Waals surface area contributed by atoms with Gasteiger partial charge in [-0.15, -0.1) is 0 Å². The molecule has 0 aromatic carbocycles. The largest absolute Gasteiger partial charge is 0.479 e. The lowest BCUT2D eigenvalue weighted by Crippen LogP contribution is -2.41. The van der Waals surface area contributed by atoms with Crippen LogP contribution in [0.25, 0.3) is 0 Å². The van der Waals surface area contributed by atoms with Crippen LogP contribution in [-0.2, 0) is 11.3 Å². The molecule has 0 aliphatic carbocycles. The predicted octanol–water partition coefficient (Wildman–Crippen LogP) is -1.35. The van der Waals surface area contributed by atoms with E-state index in [1.54, 1.807) is 12.4 Å². The summed E-state index contributed by atoms with van der Waals surface area (Å²) in [4.78, 5) is 28.0. The zero-order chi connectivity index (χ0) is 12.0. The Bertz CT molecular complexity index is 351. The molecule has 1 unspecified atom stereocenters. The van der Waals surface area contributed by atoms with Crippen molar-refractivity contribution in [3.05, 3.63) is 18.2 Å². The lowest BCUT2D eigenvalue weighted by molar-refractivity contribution is -0.146. The molecule has 8 heteroatoms. The van der Waals surface area contributed by atoms with Crippen molar-refractivity contribution in [2.45, 2.75) is 12.6 Å². The molecular weight excluding hydrogens is 216 g/mol. The second kappa shape index (κ2) is 5.71. The zero-order valence-electron chi connectivity index (χ0n) is 8.30. The number of urea groups is 1. The molecule has 1 atom stereocenters. The van der Waals surface area contributed by atoms with Crippen LogP contribution in [0, 0.1) is 0 Å². The van der Waals surface area contributed by atoms with Gasteiger partial charge in [0.05, 0.1) is 13.1 Å². The number of nitrogens with one attached hydrogen (secondary N) is 3. The molecule has 0 radical (unpaired) electrons. The third-order valence-electron chi connectivity index (χ3n) is 1.71. The molecule has 1 aromatic rings. The molecule has 1 aromatic heterocycles. The van der Waals surface area contributed by atoms with Crippen LogP contribution in [0.1, 0.15) is 5.82 Å². The third-order valence-corrected chi connectivity index (χ3v) is 1.71. The highest BCUT2D eigenvalue weighted by Gasteiger charge is 2.13. The number of hydrogen-bond donors (Lipinski definition) is 5. The van der Waals surface area contributed by atoms with E-state index < -0.39 is 18.1 Å². The minimum Gasteiger partial charge on any atom is -0.479 e. The van der Waals surface area contributed by atoms with E-state index in [0.717, 1.165) is 0 Å². The Balaban J connectivity index is 2.19. The van der Waals surface area contributed by atoms with Crippen LogP contribution in [0.3, 0.4) is 0 Å². The number of H-pyrrole nitrogens is 1. The number of carboxylic acids is 1. The molecule has 1 rings (SSSR count). The van der Waals surface area contributed by atoms with Crippen molar-refractivity contribution in [1.29, 1.82) is 0 Å². The average Bonchev–Trinajstić information content (AvgIpc) is 2.75. The summed E-state index contributed by atoms with van der Waals surface area (Å²) >= 11 is 0. The molecule has 2 amide bonds. The summed E-state index contributed by atoms with van der Waals surface area (Å²) in [5, 5.41) is 21.8. The fraction of sp³-hybridized carbons (Fsp3) is 0.375. The van der Waals surface area contributed by atoms with Gasteiger partial charge in [-0.05, 0) is 0 Å². The van der Waals surface area contributed by atoms with Gasteiger partial charge in [0.25, 0.3) is 0 Å². The first-order chi connectivity index (χ1) is 7.59. The van der Waals surface area contributed by atoms with Crippen LogP contribution in [0.15, 0.2) is 12.4 Å². The molecule has 0 aliphatic heterocycles. The average molecular weight is 228 g/mol. The van der Waals surface area contributed by atoms with Gasteiger partial charge in [-0.1, -0.05) is 0 Å². The molecule has 1 heterocycles. The summed E-state index contributed by atoms with van der Waals surface area (Å²) in [6, 6.07) is -0.572. The number of carboxylic acid groups (broad SMARTS) is 1. The number of nitrogens with zero attached hydrogens (tertiary/aromatic N) is 1. The second-order valence-corrected chi connectivity index (χ2v) is 2.95. The van der Waals surface area contributed by atoms with Crippen LogP contribution >= 0.6 is 0 Å². The summed E-state index contributed by atoms with van der Waals surface area (Å²) in [5.41, 5.74) is 0. The summed E-state index contributed by atoms with van der Waals surface area (Å²) in [5.74, 6) is -0.805. The van der Waals surface area contributed by atoms with Gasteiger partial charge in [0.15, 0.2) is 6.10 Å². The van der Waals surface area contributed by atoms with Crippen LogP contribution in [0.5, 0.6) is 0 Å². The molecule has 0 aliphatic rings. The topological polar surface area (TPSA) is 127 Å². The van der Waals surface area contributed by atoms with Crippen molar-refractivity contribution in [2.24, 2.45) is 0 Å². The molecule has 8 nitrogen and oxygen atoms in total. The summed E-state index contributed by atoms with van der Waals surface area (Å²) in [7, 11) is 0. The quantitative estimate of drug-likeness (QED) is 0.426. The van der Waals surface area contributed by atoms with E-state index in [2.05, 4.69) is 20.6 Å². The monoisotopic (exact) mass is 228 g/mol. The maximum Gasteiger partial charge on any atom is 0.334 e. The number of aromatic amines is 1. The van der Waals surface area contributed by atoms with Crippen LogP contribution in [-0.4, -0.2) is 44.8 Å². The highest BCUT2D eigenvalue weighted by atomic mass is 16.4. The van der Waals surface area contributed by atoms with Gasteiger partial charge < -0.3 is 25.8 Å². The number of rotatable bonds is 5. The number of aliphatic hydroxyl groups excluding tert-OH is 1. The highest BCUT2D eigenvalue weighted by molar-refractivity contribution is 5.76. The first-order valence-electron chi connectivity index (χ1n) is 4.50. The number of aliphatic hydroxyl groups is 1. The van der Waals surface area contributed by atoms with Crippen LogP contribution < -0.4 is 10.6 Å². The predicted molar refractivity (Wildman–Crippen MR) is 52.5 cm³/mol. The molecule has 0 fully saturated rings. The smallest absolute Gasteiger partial charge is 0.334 e. The highest BCUT2D eigenvalue weighted by Crippen LogP contribution is 1.86. The number of hydrogen-bond acceptors (Lipinski definition) is 4. The SMILES string of the molecule is O=C(NCc1ncc[nH]1)NCC(O)C(=O)O. The minimum absolute atomic E-state index is 0.196. The second-order valence-electron chi connectivity index (χ2n) is 2.95. The van der Waals surface area contributed by atoms with E-state index in [-0.39, 0.29) is 13.1 Å². The van der Waals surface area contributed by atoms with E-state index in [1.807, 2.05) is 0 Å². The molecule has 0 saturated carbocycles. The third kappa shape index (κ3) is 3.96.